The van der Waals surface area contributed by atoms with Gasteiger partial charge in [-0.2, -0.15) is 0 Å². The molecule has 0 fully saturated rings. The van der Waals surface area contributed by atoms with Gasteiger partial charge in [0.25, 0.3) is 0 Å². The molecule has 4 heteroatoms. The van der Waals surface area contributed by atoms with Crippen LogP contribution in [0.25, 0.3) is 10.9 Å². The summed E-state index contributed by atoms with van der Waals surface area (Å²) in [6.07, 6.45) is 2.57. The third kappa shape index (κ3) is 3.00. The van der Waals surface area contributed by atoms with Gasteiger partial charge in [-0.25, -0.2) is 0 Å². The van der Waals surface area contributed by atoms with Gasteiger partial charge in [0.2, 0.25) is 5.91 Å². The topological polar surface area (TPSA) is 54.1 Å². The summed E-state index contributed by atoms with van der Waals surface area (Å²) >= 11 is 0. The standard InChI is InChI=1S/C21H22N2O2/c1-13-6-8-19-17(10-13)18-11-14(7-9-20(18)23-19)21(24)22-15-4-3-5-16(12-15)25-2/h3-6,8,10,12,14,23H,7,9,11H2,1-2H3,(H,22,24). The van der Waals surface area contributed by atoms with E-state index in [4.69, 9.17) is 4.74 Å². The number of nitrogens with one attached hydrogen (secondary N) is 2. The molecule has 0 saturated carbocycles. The van der Waals surface area contributed by atoms with E-state index in [-0.39, 0.29) is 11.8 Å². The largest absolute Gasteiger partial charge is 0.497 e. The number of anilines is 1. The van der Waals surface area contributed by atoms with Gasteiger partial charge in [0.05, 0.1) is 7.11 Å². The summed E-state index contributed by atoms with van der Waals surface area (Å²) in [5, 5.41) is 4.30. The van der Waals surface area contributed by atoms with Crippen molar-refractivity contribution in [1.29, 1.82) is 0 Å². The highest BCUT2D eigenvalue weighted by Gasteiger charge is 2.27. The number of ether oxygens (including phenoxy) is 1. The molecule has 128 valence electrons. The molecular formula is C21H22N2O2. The minimum atomic E-state index is -0.00165. The Bertz CT molecular complexity index is 942. The Balaban J connectivity index is 1.56. The van der Waals surface area contributed by atoms with E-state index in [1.807, 2.05) is 24.3 Å². The van der Waals surface area contributed by atoms with Crippen LogP contribution < -0.4 is 10.1 Å². The van der Waals surface area contributed by atoms with E-state index in [0.29, 0.717) is 0 Å². The van der Waals surface area contributed by atoms with Gasteiger partial charge in [0.15, 0.2) is 0 Å². The van der Waals surface area contributed by atoms with E-state index in [1.165, 1.54) is 27.7 Å². The number of rotatable bonds is 3. The quantitative estimate of drug-likeness (QED) is 0.753. The predicted octanol–water partition coefficient (Wildman–Crippen LogP) is 4.23. The molecule has 0 spiro atoms. The summed E-state index contributed by atoms with van der Waals surface area (Å²) in [4.78, 5) is 16.3. The van der Waals surface area contributed by atoms with Crippen LogP contribution in [0.2, 0.25) is 0 Å². The molecule has 1 aliphatic carbocycles. The van der Waals surface area contributed by atoms with Crippen molar-refractivity contribution in [3.8, 4) is 5.75 Å². The van der Waals surface area contributed by atoms with Crippen LogP contribution in [0.4, 0.5) is 5.69 Å². The molecule has 1 atom stereocenters. The maximum atomic E-state index is 12.7. The first-order chi connectivity index (χ1) is 12.1. The van der Waals surface area contributed by atoms with Crippen LogP contribution in [0.1, 0.15) is 23.2 Å². The summed E-state index contributed by atoms with van der Waals surface area (Å²) < 4.78 is 5.22. The number of aromatic nitrogens is 1. The Kier molecular flexibility index (Phi) is 3.96. The molecule has 25 heavy (non-hydrogen) atoms. The van der Waals surface area contributed by atoms with Crippen LogP contribution in [0.15, 0.2) is 42.5 Å². The van der Waals surface area contributed by atoms with Crippen molar-refractivity contribution in [2.75, 3.05) is 12.4 Å². The van der Waals surface area contributed by atoms with Crippen LogP contribution in [0.5, 0.6) is 5.75 Å². The molecule has 2 aromatic carbocycles. The first kappa shape index (κ1) is 15.8. The summed E-state index contributed by atoms with van der Waals surface area (Å²) in [6, 6.07) is 14.0. The average Bonchev–Trinajstić information content (AvgIpc) is 2.99. The fourth-order valence-corrected chi connectivity index (χ4v) is 3.70. The molecule has 4 rings (SSSR count). The zero-order valence-electron chi connectivity index (χ0n) is 14.6. The fourth-order valence-electron chi connectivity index (χ4n) is 3.70. The number of methoxy groups -OCH3 is 1. The van der Waals surface area contributed by atoms with Crippen LogP contribution in [0, 0.1) is 12.8 Å². The van der Waals surface area contributed by atoms with Gasteiger partial charge in [-0.3, -0.25) is 4.79 Å². The third-order valence-electron chi connectivity index (χ3n) is 5.05. The highest BCUT2D eigenvalue weighted by molar-refractivity contribution is 5.94. The van der Waals surface area contributed by atoms with E-state index in [2.05, 4.69) is 35.4 Å². The molecule has 2 N–H and O–H groups in total. The van der Waals surface area contributed by atoms with E-state index < -0.39 is 0 Å². The monoisotopic (exact) mass is 334 g/mol. The number of hydrogen-bond donors (Lipinski definition) is 2. The van der Waals surface area contributed by atoms with E-state index in [0.717, 1.165) is 30.7 Å². The van der Waals surface area contributed by atoms with Gasteiger partial charge < -0.3 is 15.0 Å². The number of aromatic amines is 1. The van der Waals surface area contributed by atoms with E-state index >= 15 is 0 Å². The number of H-pyrrole nitrogens is 1. The fraction of sp³-hybridized carbons (Fsp3) is 0.286. The number of carbonyl (C=O) groups is 1. The number of carbonyl (C=O) groups excluding carboxylic acids is 1. The van der Waals surface area contributed by atoms with Crippen molar-refractivity contribution in [3.63, 3.8) is 0 Å². The van der Waals surface area contributed by atoms with Crippen molar-refractivity contribution >= 4 is 22.5 Å². The molecule has 0 saturated heterocycles. The summed E-state index contributed by atoms with van der Waals surface area (Å²) in [6.45, 7) is 2.11. The number of fused-ring (bicyclic) bond motifs is 3. The summed E-state index contributed by atoms with van der Waals surface area (Å²) in [7, 11) is 1.63. The first-order valence-corrected chi connectivity index (χ1v) is 8.69. The zero-order chi connectivity index (χ0) is 17.4. The number of aryl methyl sites for hydroxylation is 2. The third-order valence-corrected chi connectivity index (χ3v) is 5.05. The Morgan fingerprint density at radius 2 is 2.12 bits per heavy atom. The minimum Gasteiger partial charge on any atom is -0.497 e. The molecule has 1 unspecified atom stereocenters. The molecule has 0 radical (unpaired) electrons. The molecule has 1 heterocycles. The number of amides is 1. The second-order valence-electron chi connectivity index (χ2n) is 6.79. The van der Waals surface area contributed by atoms with Gasteiger partial charge >= 0.3 is 0 Å². The molecule has 0 aliphatic heterocycles. The van der Waals surface area contributed by atoms with Gasteiger partial charge in [0.1, 0.15) is 5.75 Å². The second kappa shape index (κ2) is 6.28. The average molecular weight is 334 g/mol. The normalized spacial score (nSPS) is 16.5. The highest BCUT2D eigenvalue weighted by atomic mass is 16.5. The second-order valence-corrected chi connectivity index (χ2v) is 6.79. The van der Waals surface area contributed by atoms with Gasteiger partial charge in [-0.1, -0.05) is 17.7 Å². The van der Waals surface area contributed by atoms with Crippen molar-refractivity contribution in [3.05, 3.63) is 59.3 Å². The summed E-state index contributed by atoms with van der Waals surface area (Å²) in [5.41, 5.74) is 5.79. The molecule has 4 nitrogen and oxygen atoms in total. The van der Waals surface area contributed by atoms with Crippen molar-refractivity contribution in [2.45, 2.75) is 26.2 Å². The number of benzene rings is 2. The van der Waals surface area contributed by atoms with Crippen molar-refractivity contribution < 1.29 is 9.53 Å². The Morgan fingerprint density at radius 3 is 2.96 bits per heavy atom. The lowest BCUT2D eigenvalue weighted by atomic mass is 9.85. The molecule has 1 aliphatic rings. The van der Waals surface area contributed by atoms with Crippen LogP contribution >= 0.6 is 0 Å². The maximum Gasteiger partial charge on any atom is 0.227 e. The molecule has 0 bridgehead atoms. The van der Waals surface area contributed by atoms with Crippen LogP contribution in [-0.2, 0) is 17.6 Å². The first-order valence-electron chi connectivity index (χ1n) is 8.69. The van der Waals surface area contributed by atoms with Crippen LogP contribution in [0.3, 0.4) is 0 Å². The zero-order valence-corrected chi connectivity index (χ0v) is 14.6. The SMILES string of the molecule is COc1cccc(NC(=O)C2CCc3[nH]c4ccc(C)cc4c3C2)c1. The Morgan fingerprint density at radius 1 is 1.24 bits per heavy atom. The van der Waals surface area contributed by atoms with E-state index in [9.17, 15) is 4.79 Å². The lowest BCUT2D eigenvalue weighted by Crippen LogP contribution is -2.28. The van der Waals surface area contributed by atoms with Crippen molar-refractivity contribution in [1.82, 2.24) is 4.98 Å². The molecule has 1 aromatic heterocycles. The van der Waals surface area contributed by atoms with Gasteiger partial charge in [0, 0.05) is 34.3 Å². The Hall–Kier alpha value is -2.75. The highest BCUT2D eigenvalue weighted by Crippen LogP contribution is 2.33. The Labute approximate surface area is 147 Å². The molecule has 1 amide bonds. The van der Waals surface area contributed by atoms with Gasteiger partial charge in [-0.05, 0) is 56.0 Å². The molecule has 3 aromatic rings. The lowest BCUT2D eigenvalue weighted by Gasteiger charge is -2.22. The number of hydrogen-bond acceptors (Lipinski definition) is 2. The lowest BCUT2D eigenvalue weighted by molar-refractivity contribution is -0.120. The van der Waals surface area contributed by atoms with E-state index in [1.54, 1.807) is 7.11 Å². The van der Waals surface area contributed by atoms with Gasteiger partial charge in [-0.15, -0.1) is 0 Å². The smallest absolute Gasteiger partial charge is 0.227 e. The maximum absolute atomic E-state index is 12.7. The summed E-state index contributed by atoms with van der Waals surface area (Å²) in [5.74, 6) is 0.829. The predicted molar refractivity (Wildman–Crippen MR) is 100 cm³/mol. The minimum absolute atomic E-state index is 0.00165. The molecular weight excluding hydrogens is 312 g/mol. The van der Waals surface area contributed by atoms with Crippen LogP contribution in [-0.4, -0.2) is 18.0 Å². The van der Waals surface area contributed by atoms with Crippen molar-refractivity contribution in [2.24, 2.45) is 5.92 Å².